The average molecular weight is 258 g/mol. The summed E-state index contributed by atoms with van der Waals surface area (Å²) in [4.78, 5) is 12.3. The first-order valence-electron chi connectivity index (χ1n) is 7.06. The van der Waals surface area contributed by atoms with E-state index in [1.165, 1.54) is 5.56 Å². The Hall–Kier alpha value is -1.60. The zero-order chi connectivity index (χ0) is 13.2. The van der Waals surface area contributed by atoms with E-state index >= 15 is 0 Å². The van der Waals surface area contributed by atoms with Gasteiger partial charge in [-0.1, -0.05) is 0 Å². The molecule has 0 aromatic carbocycles. The molecule has 2 aliphatic rings. The molecule has 0 spiro atoms. The Morgan fingerprint density at radius 2 is 2.21 bits per heavy atom. The summed E-state index contributed by atoms with van der Waals surface area (Å²) < 4.78 is 7.28. The molecule has 0 amide bonds. The third-order valence-electron chi connectivity index (χ3n) is 4.13. The van der Waals surface area contributed by atoms with Crippen LogP contribution in [0.5, 0.6) is 0 Å². The highest BCUT2D eigenvalue weighted by Gasteiger charge is 2.21. The van der Waals surface area contributed by atoms with Crippen LogP contribution in [0.25, 0.3) is 0 Å². The zero-order valence-corrected chi connectivity index (χ0v) is 11.0. The van der Waals surface area contributed by atoms with E-state index in [0.29, 0.717) is 12.1 Å². The Bertz CT molecular complexity index is 577. The summed E-state index contributed by atoms with van der Waals surface area (Å²) in [7, 11) is 0. The highest BCUT2D eigenvalue weighted by Crippen LogP contribution is 2.22. The van der Waals surface area contributed by atoms with Gasteiger partial charge in [-0.3, -0.25) is 4.79 Å². The van der Waals surface area contributed by atoms with E-state index in [2.05, 4.69) is 6.07 Å². The van der Waals surface area contributed by atoms with E-state index in [0.717, 1.165) is 50.7 Å². The number of nitriles is 1. The lowest BCUT2D eigenvalue weighted by molar-refractivity contribution is 0.0960. The van der Waals surface area contributed by atoms with Gasteiger partial charge < -0.3 is 9.30 Å². The van der Waals surface area contributed by atoms with Crippen molar-refractivity contribution in [1.82, 2.24) is 4.57 Å². The number of hydrogen-bond acceptors (Lipinski definition) is 3. The molecular formula is C15H18N2O2. The Kier molecular flexibility index (Phi) is 3.39. The largest absolute Gasteiger partial charge is 0.376 e. The van der Waals surface area contributed by atoms with E-state index < -0.39 is 0 Å². The summed E-state index contributed by atoms with van der Waals surface area (Å²) in [5.41, 5.74) is 2.39. The van der Waals surface area contributed by atoms with E-state index in [1.54, 1.807) is 4.57 Å². The van der Waals surface area contributed by atoms with Gasteiger partial charge in [0.15, 0.2) is 0 Å². The number of nitrogens with zero attached hydrogens (tertiary/aromatic N) is 2. The van der Waals surface area contributed by atoms with Gasteiger partial charge in [-0.2, -0.15) is 5.26 Å². The van der Waals surface area contributed by atoms with Crippen molar-refractivity contribution in [3.8, 4) is 6.07 Å². The molecule has 1 aliphatic carbocycles. The maximum absolute atomic E-state index is 12.3. The van der Waals surface area contributed by atoms with Crippen molar-refractivity contribution in [2.45, 2.75) is 51.2 Å². The molecule has 1 unspecified atom stereocenters. The number of aromatic nitrogens is 1. The fourth-order valence-corrected chi connectivity index (χ4v) is 3.13. The fraction of sp³-hybridized carbons (Fsp3) is 0.600. The molecular weight excluding hydrogens is 240 g/mol. The highest BCUT2D eigenvalue weighted by atomic mass is 16.5. The maximum atomic E-state index is 12.3. The second-order valence-electron chi connectivity index (χ2n) is 5.42. The number of ether oxygens (including phenoxy) is 1. The first-order valence-corrected chi connectivity index (χ1v) is 7.06. The van der Waals surface area contributed by atoms with Crippen molar-refractivity contribution in [3.63, 3.8) is 0 Å². The Morgan fingerprint density at radius 1 is 1.37 bits per heavy atom. The summed E-state index contributed by atoms with van der Waals surface area (Å²) in [6.45, 7) is 1.37. The SMILES string of the molecule is N#Cc1c2c(cn(CC3CCCO3)c1=O)CCCC2. The molecule has 0 radical (unpaired) electrons. The van der Waals surface area contributed by atoms with Crippen molar-refractivity contribution in [3.05, 3.63) is 33.2 Å². The molecule has 1 aromatic rings. The average Bonchev–Trinajstić information content (AvgIpc) is 2.93. The minimum atomic E-state index is -0.140. The quantitative estimate of drug-likeness (QED) is 0.812. The number of fused-ring (bicyclic) bond motifs is 1. The molecule has 1 aromatic heterocycles. The second-order valence-corrected chi connectivity index (χ2v) is 5.42. The number of rotatable bonds is 2. The van der Waals surface area contributed by atoms with Crippen LogP contribution in [0.2, 0.25) is 0 Å². The van der Waals surface area contributed by atoms with Crippen LogP contribution in [-0.2, 0) is 24.1 Å². The van der Waals surface area contributed by atoms with Crippen molar-refractivity contribution < 1.29 is 4.74 Å². The minimum absolute atomic E-state index is 0.130. The molecule has 1 atom stereocenters. The predicted octanol–water partition coefficient (Wildman–Crippen LogP) is 1.78. The normalized spacial score (nSPS) is 21.9. The van der Waals surface area contributed by atoms with Gasteiger partial charge in [0.25, 0.3) is 5.56 Å². The Labute approximate surface area is 112 Å². The molecule has 0 saturated carbocycles. The second kappa shape index (κ2) is 5.18. The van der Waals surface area contributed by atoms with Gasteiger partial charge in [-0.05, 0) is 49.7 Å². The molecule has 19 heavy (non-hydrogen) atoms. The lowest BCUT2D eigenvalue weighted by Gasteiger charge is -2.20. The number of pyridine rings is 1. The third-order valence-corrected chi connectivity index (χ3v) is 4.13. The van der Waals surface area contributed by atoms with E-state index in [9.17, 15) is 10.1 Å². The first-order chi connectivity index (χ1) is 9.29. The van der Waals surface area contributed by atoms with Crippen LogP contribution in [0.15, 0.2) is 11.0 Å². The maximum Gasteiger partial charge on any atom is 0.268 e. The minimum Gasteiger partial charge on any atom is -0.376 e. The van der Waals surface area contributed by atoms with Gasteiger partial charge in [-0.25, -0.2) is 0 Å². The van der Waals surface area contributed by atoms with Gasteiger partial charge in [0, 0.05) is 12.8 Å². The molecule has 4 heteroatoms. The summed E-state index contributed by atoms with van der Waals surface area (Å²) in [5.74, 6) is 0. The molecule has 2 heterocycles. The van der Waals surface area contributed by atoms with Crippen molar-refractivity contribution >= 4 is 0 Å². The van der Waals surface area contributed by atoms with Crippen LogP contribution in [0.1, 0.15) is 42.4 Å². The van der Waals surface area contributed by atoms with E-state index in [4.69, 9.17) is 4.74 Å². The molecule has 1 saturated heterocycles. The molecule has 1 fully saturated rings. The smallest absolute Gasteiger partial charge is 0.268 e. The van der Waals surface area contributed by atoms with Crippen molar-refractivity contribution in [2.75, 3.05) is 6.61 Å². The number of aryl methyl sites for hydroxylation is 1. The standard InChI is InChI=1S/C15H18N2O2/c16-8-14-13-6-2-1-4-11(13)9-17(15(14)18)10-12-5-3-7-19-12/h9,12H,1-7,10H2. The first kappa shape index (κ1) is 12.4. The molecule has 100 valence electrons. The van der Waals surface area contributed by atoms with E-state index in [-0.39, 0.29) is 11.7 Å². The lowest BCUT2D eigenvalue weighted by Crippen LogP contribution is -2.30. The summed E-state index contributed by atoms with van der Waals surface area (Å²) >= 11 is 0. The summed E-state index contributed by atoms with van der Waals surface area (Å²) in [6, 6.07) is 2.11. The molecule has 4 nitrogen and oxygen atoms in total. The molecule has 0 N–H and O–H groups in total. The monoisotopic (exact) mass is 258 g/mol. The predicted molar refractivity (Wildman–Crippen MR) is 71.0 cm³/mol. The van der Waals surface area contributed by atoms with Gasteiger partial charge >= 0.3 is 0 Å². The van der Waals surface area contributed by atoms with Gasteiger partial charge in [-0.15, -0.1) is 0 Å². The van der Waals surface area contributed by atoms with E-state index in [1.807, 2.05) is 6.20 Å². The number of hydrogen-bond donors (Lipinski definition) is 0. The van der Waals surface area contributed by atoms with Crippen LogP contribution in [-0.4, -0.2) is 17.3 Å². The molecule has 0 bridgehead atoms. The summed E-state index contributed by atoms with van der Waals surface area (Å²) in [5, 5.41) is 9.27. The lowest BCUT2D eigenvalue weighted by atomic mass is 9.90. The fourth-order valence-electron chi connectivity index (χ4n) is 3.13. The third kappa shape index (κ3) is 2.31. The molecule has 1 aliphatic heterocycles. The Morgan fingerprint density at radius 3 is 2.95 bits per heavy atom. The topological polar surface area (TPSA) is 55.0 Å². The molecule has 3 rings (SSSR count). The van der Waals surface area contributed by atoms with Crippen LogP contribution >= 0.6 is 0 Å². The van der Waals surface area contributed by atoms with Crippen molar-refractivity contribution in [1.29, 1.82) is 5.26 Å². The van der Waals surface area contributed by atoms with Crippen LogP contribution < -0.4 is 5.56 Å². The van der Waals surface area contributed by atoms with Gasteiger partial charge in [0.1, 0.15) is 11.6 Å². The highest BCUT2D eigenvalue weighted by molar-refractivity contribution is 5.42. The van der Waals surface area contributed by atoms with Crippen LogP contribution in [0.3, 0.4) is 0 Å². The van der Waals surface area contributed by atoms with Gasteiger partial charge in [0.2, 0.25) is 0 Å². The van der Waals surface area contributed by atoms with Gasteiger partial charge in [0.05, 0.1) is 12.6 Å². The summed E-state index contributed by atoms with van der Waals surface area (Å²) in [6.07, 6.45) is 8.24. The van der Waals surface area contributed by atoms with Crippen LogP contribution in [0.4, 0.5) is 0 Å². The zero-order valence-electron chi connectivity index (χ0n) is 11.0. The van der Waals surface area contributed by atoms with Crippen molar-refractivity contribution in [2.24, 2.45) is 0 Å². The Balaban J connectivity index is 2.00. The van der Waals surface area contributed by atoms with Crippen LogP contribution in [0, 0.1) is 11.3 Å².